The summed E-state index contributed by atoms with van der Waals surface area (Å²) in [6.07, 6.45) is 5.28. The van der Waals surface area contributed by atoms with E-state index in [0.29, 0.717) is 0 Å². The molecule has 2 nitrogen and oxygen atoms in total. The van der Waals surface area contributed by atoms with Crippen molar-refractivity contribution in [1.82, 2.24) is 0 Å². The Balaban J connectivity index is 2.86. The average molecular weight is 128 g/mol. The third-order valence-corrected chi connectivity index (χ3v) is 1.04. The molecule has 0 radical (unpaired) electrons. The first kappa shape index (κ1) is 8.63. The fraction of sp³-hybridized carbons (Fsp3) is 0.857. The summed E-state index contributed by atoms with van der Waals surface area (Å²) in [7, 11) is 0. The van der Waals surface area contributed by atoms with Gasteiger partial charge in [-0.2, -0.15) is 0 Å². The molecule has 0 unspecified atom stereocenters. The van der Waals surface area contributed by atoms with Crippen LogP contribution in [-0.4, -0.2) is 19.3 Å². The lowest BCUT2D eigenvalue weighted by Crippen LogP contribution is -1.99. The van der Waals surface area contributed by atoms with Crippen molar-refractivity contribution >= 4 is 6.21 Å². The minimum Gasteiger partial charge on any atom is -0.330 e. The highest BCUT2D eigenvalue weighted by Gasteiger charge is 1.76. The predicted octanol–water partition coefficient (Wildman–Crippen LogP) is 1.21. The SMILES string of the molecule is CCCC=NCCCN. The van der Waals surface area contributed by atoms with Crippen LogP contribution in [0.5, 0.6) is 0 Å². The number of unbranched alkanes of at least 4 members (excludes halogenated alkanes) is 1. The fourth-order valence-electron chi connectivity index (χ4n) is 0.494. The Morgan fingerprint density at radius 1 is 1.56 bits per heavy atom. The molecule has 54 valence electrons. The second-order valence-electron chi connectivity index (χ2n) is 2.02. The van der Waals surface area contributed by atoms with Crippen molar-refractivity contribution in [2.24, 2.45) is 10.7 Å². The van der Waals surface area contributed by atoms with Crippen molar-refractivity contribution in [2.45, 2.75) is 26.2 Å². The summed E-state index contributed by atoms with van der Waals surface area (Å²) >= 11 is 0. The molecule has 0 aromatic carbocycles. The van der Waals surface area contributed by atoms with E-state index in [1.165, 1.54) is 6.42 Å². The van der Waals surface area contributed by atoms with Crippen LogP contribution in [0.15, 0.2) is 4.99 Å². The van der Waals surface area contributed by atoms with Crippen LogP contribution < -0.4 is 5.73 Å². The second kappa shape index (κ2) is 7.63. The minimum atomic E-state index is 0.753. The molecule has 0 aliphatic carbocycles. The van der Waals surface area contributed by atoms with Gasteiger partial charge < -0.3 is 5.73 Å². The zero-order valence-electron chi connectivity index (χ0n) is 6.14. The van der Waals surface area contributed by atoms with Crippen LogP contribution in [0.2, 0.25) is 0 Å². The van der Waals surface area contributed by atoms with Crippen LogP contribution in [0.3, 0.4) is 0 Å². The fourth-order valence-corrected chi connectivity index (χ4v) is 0.494. The molecular formula is C7H16N2. The number of nitrogens with zero attached hydrogens (tertiary/aromatic N) is 1. The summed E-state index contributed by atoms with van der Waals surface area (Å²) in [5.74, 6) is 0. The van der Waals surface area contributed by atoms with Gasteiger partial charge in [-0.1, -0.05) is 13.3 Å². The molecule has 0 amide bonds. The van der Waals surface area contributed by atoms with Gasteiger partial charge >= 0.3 is 0 Å². The number of aliphatic imine (C=N–C) groups is 1. The highest BCUT2D eigenvalue weighted by Crippen LogP contribution is 1.82. The van der Waals surface area contributed by atoms with Crippen LogP contribution in [0.25, 0.3) is 0 Å². The molecule has 9 heavy (non-hydrogen) atoms. The molecule has 0 rings (SSSR count). The van der Waals surface area contributed by atoms with Crippen molar-refractivity contribution < 1.29 is 0 Å². The highest BCUT2D eigenvalue weighted by molar-refractivity contribution is 5.56. The Morgan fingerprint density at radius 2 is 2.33 bits per heavy atom. The Morgan fingerprint density at radius 3 is 2.89 bits per heavy atom. The van der Waals surface area contributed by atoms with Crippen LogP contribution in [0.1, 0.15) is 26.2 Å². The standard InChI is InChI=1S/C7H16N2/c1-2-3-6-9-7-4-5-8/h6H,2-5,7-8H2,1H3. The normalized spacial score (nSPS) is 10.9. The molecule has 0 aliphatic heterocycles. The van der Waals surface area contributed by atoms with E-state index >= 15 is 0 Å². The van der Waals surface area contributed by atoms with Crippen LogP contribution in [-0.2, 0) is 0 Å². The van der Waals surface area contributed by atoms with Crippen LogP contribution >= 0.6 is 0 Å². The summed E-state index contributed by atoms with van der Waals surface area (Å²) in [6.45, 7) is 3.80. The van der Waals surface area contributed by atoms with Crippen molar-refractivity contribution in [2.75, 3.05) is 13.1 Å². The van der Waals surface area contributed by atoms with E-state index in [1.54, 1.807) is 0 Å². The van der Waals surface area contributed by atoms with E-state index in [2.05, 4.69) is 11.9 Å². The van der Waals surface area contributed by atoms with Gasteiger partial charge in [-0.25, -0.2) is 0 Å². The first-order valence-electron chi connectivity index (χ1n) is 3.60. The number of nitrogens with two attached hydrogens (primary N) is 1. The van der Waals surface area contributed by atoms with E-state index in [4.69, 9.17) is 5.73 Å². The summed E-state index contributed by atoms with van der Waals surface area (Å²) in [5.41, 5.74) is 5.27. The van der Waals surface area contributed by atoms with Gasteiger partial charge in [-0.05, 0) is 25.6 Å². The molecule has 0 aliphatic rings. The van der Waals surface area contributed by atoms with E-state index < -0.39 is 0 Å². The summed E-state index contributed by atoms with van der Waals surface area (Å²) in [5, 5.41) is 0. The third-order valence-electron chi connectivity index (χ3n) is 1.04. The lowest BCUT2D eigenvalue weighted by molar-refractivity contribution is 0.842. The van der Waals surface area contributed by atoms with Gasteiger partial charge in [0, 0.05) is 6.54 Å². The lowest BCUT2D eigenvalue weighted by Gasteiger charge is -1.88. The van der Waals surface area contributed by atoms with Gasteiger partial charge in [0.1, 0.15) is 0 Å². The topological polar surface area (TPSA) is 38.4 Å². The summed E-state index contributed by atoms with van der Waals surface area (Å²) in [6, 6.07) is 0. The molecule has 2 heteroatoms. The van der Waals surface area contributed by atoms with Gasteiger partial charge in [0.2, 0.25) is 0 Å². The smallest absolute Gasteiger partial charge is 0.0397 e. The summed E-state index contributed by atoms with van der Waals surface area (Å²) < 4.78 is 0. The van der Waals surface area contributed by atoms with E-state index in [9.17, 15) is 0 Å². The minimum absolute atomic E-state index is 0.753. The van der Waals surface area contributed by atoms with Gasteiger partial charge in [0.15, 0.2) is 0 Å². The van der Waals surface area contributed by atoms with Crippen molar-refractivity contribution in [3.8, 4) is 0 Å². The van der Waals surface area contributed by atoms with Gasteiger partial charge in [0.05, 0.1) is 0 Å². The highest BCUT2D eigenvalue weighted by atomic mass is 14.7. The Kier molecular flexibility index (Phi) is 7.32. The molecule has 2 N–H and O–H groups in total. The largest absolute Gasteiger partial charge is 0.330 e. The maximum Gasteiger partial charge on any atom is 0.0397 e. The summed E-state index contributed by atoms with van der Waals surface area (Å²) in [4.78, 5) is 4.15. The van der Waals surface area contributed by atoms with Crippen LogP contribution in [0.4, 0.5) is 0 Å². The van der Waals surface area contributed by atoms with Gasteiger partial charge in [-0.15, -0.1) is 0 Å². The van der Waals surface area contributed by atoms with Crippen molar-refractivity contribution in [1.29, 1.82) is 0 Å². The maximum atomic E-state index is 5.27. The van der Waals surface area contributed by atoms with E-state index in [0.717, 1.165) is 25.9 Å². The molecule has 0 spiro atoms. The molecular weight excluding hydrogens is 112 g/mol. The maximum absolute atomic E-state index is 5.27. The first-order chi connectivity index (χ1) is 4.41. The van der Waals surface area contributed by atoms with Crippen molar-refractivity contribution in [3.63, 3.8) is 0 Å². The average Bonchev–Trinajstić information content (AvgIpc) is 1.89. The van der Waals surface area contributed by atoms with Crippen molar-refractivity contribution in [3.05, 3.63) is 0 Å². The third kappa shape index (κ3) is 7.63. The molecule has 0 heterocycles. The molecule has 0 aromatic heterocycles. The Labute approximate surface area is 57.2 Å². The molecule has 0 aromatic rings. The zero-order valence-corrected chi connectivity index (χ0v) is 6.14. The molecule has 0 saturated carbocycles. The van der Waals surface area contributed by atoms with Crippen LogP contribution in [0, 0.1) is 0 Å². The predicted molar refractivity (Wildman–Crippen MR) is 41.9 cm³/mol. The number of rotatable bonds is 5. The van der Waals surface area contributed by atoms with E-state index in [-0.39, 0.29) is 0 Å². The Bertz CT molecular complexity index is 69.3. The molecule has 0 bridgehead atoms. The quantitative estimate of drug-likeness (QED) is 0.438. The van der Waals surface area contributed by atoms with Gasteiger partial charge in [0.25, 0.3) is 0 Å². The lowest BCUT2D eigenvalue weighted by atomic mass is 10.4. The Hall–Kier alpha value is -0.370. The van der Waals surface area contributed by atoms with E-state index in [1.807, 2.05) is 6.21 Å². The molecule has 0 atom stereocenters. The zero-order chi connectivity index (χ0) is 6.95. The number of hydrogen-bond donors (Lipinski definition) is 1. The van der Waals surface area contributed by atoms with Gasteiger partial charge in [-0.3, -0.25) is 4.99 Å². The molecule has 0 saturated heterocycles. The molecule has 0 fully saturated rings. The number of hydrogen-bond acceptors (Lipinski definition) is 2. The first-order valence-corrected chi connectivity index (χ1v) is 3.60. The second-order valence-corrected chi connectivity index (χ2v) is 2.02. The monoisotopic (exact) mass is 128 g/mol.